The fourth-order valence-corrected chi connectivity index (χ4v) is 2.31. The Labute approximate surface area is 93.2 Å². The van der Waals surface area contributed by atoms with Crippen LogP contribution in [0.2, 0.25) is 0 Å². The van der Waals surface area contributed by atoms with Gasteiger partial charge in [0, 0.05) is 28.9 Å². The minimum absolute atomic E-state index is 0.143. The summed E-state index contributed by atoms with van der Waals surface area (Å²) in [6.07, 6.45) is 2.81. The number of rotatable bonds is 2. The number of nitrogens with one attached hydrogen (secondary N) is 1. The average Bonchev–Trinajstić information content (AvgIpc) is 2.61. The molecular formula is C11H11NO3S. The van der Waals surface area contributed by atoms with Gasteiger partial charge in [0.25, 0.3) is 0 Å². The van der Waals surface area contributed by atoms with E-state index in [0.717, 1.165) is 11.6 Å². The van der Waals surface area contributed by atoms with Crippen LogP contribution >= 0.6 is 0 Å². The number of hydrogen-bond acceptors (Lipinski definition) is 3. The molecule has 0 aliphatic rings. The Morgan fingerprint density at radius 3 is 2.56 bits per heavy atom. The average molecular weight is 237 g/mol. The van der Waals surface area contributed by atoms with Gasteiger partial charge in [0.1, 0.15) is 0 Å². The fraction of sp³-hybridized carbons (Fsp3) is 0.182. The van der Waals surface area contributed by atoms with Gasteiger partial charge in [-0.05, 0) is 25.1 Å². The van der Waals surface area contributed by atoms with Crippen LogP contribution in [0, 0.1) is 0 Å². The van der Waals surface area contributed by atoms with Gasteiger partial charge in [0.05, 0.1) is 4.90 Å². The van der Waals surface area contributed by atoms with Gasteiger partial charge in [-0.2, -0.15) is 0 Å². The lowest BCUT2D eigenvalue weighted by Crippen LogP contribution is -2.01. The van der Waals surface area contributed by atoms with Gasteiger partial charge >= 0.3 is 0 Å². The third kappa shape index (κ3) is 1.74. The summed E-state index contributed by atoms with van der Waals surface area (Å²) in [6, 6.07) is 4.73. The van der Waals surface area contributed by atoms with E-state index in [1.807, 2.05) is 0 Å². The highest BCUT2D eigenvalue weighted by molar-refractivity contribution is 7.90. The van der Waals surface area contributed by atoms with Crippen LogP contribution < -0.4 is 0 Å². The second-order valence-corrected chi connectivity index (χ2v) is 5.75. The Morgan fingerprint density at radius 1 is 1.31 bits per heavy atom. The van der Waals surface area contributed by atoms with E-state index in [1.165, 1.54) is 19.1 Å². The van der Waals surface area contributed by atoms with Crippen molar-refractivity contribution in [2.75, 3.05) is 6.26 Å². The topological polar surface area (TPSA) is 67.0 Å². The lowest BCUT2D eigenvalue weighted by molar-refractivity contribution is 0.101. The molecule has 0 fully saturated rings. The Balaban J connectivity index is 2.87. The SMILES string of the molecule is CC(=O)c1cc(S(C)(=O)=O)cc2[nH]ccc12. The Morgan fingerprint density at radius 2 is 2.00 bits per heavy atom. The number of carbonyl (C=O) groups excluding carboxylic acids is 1. The first-order valence-corrected chi connectivity index (χ1v) is 6.61. The van der Waals surface area contributed by atoms with E-state index in [0.29, 0.717) is 11.1 Å². The lowest BCUT2D eigenvalue weighted by atomic mass is 10.1. The second kappa shape index (κ2) is 3.45. The highest BCUT2D eigenvalue weighted by Crippen LogP contribution is 2.23. The Bertz CT molecular complexity index is 668. The van der Waals surface area contributed by atoms with Crippen LogP contribution in [0.3, 0.4) is 0 Å². The van der Waals surface area contributed by atoms with Crippen molar-refractivity contribution in [2.24, 2.45) is 0 Å². The van der Waals surface area contributed by atoms with Crippen LogP contribution in [-0.4, -0.2) is 25.4 Å². The Kier molecular flexibility index (Phi) is 2.35. The molecule has 2 rings (SSSR count). The summed E-state index contributed by atoms with van der Waals surface area (Å²) < 4.78 is 22.9. The summed E-state index contributed by atoms with van der Waals surface area (Å²) in [7, 11) is -3.30. The minimum atomic E-state index is -3.30. The van der Waals surface area contributed by atoms with Crippen LogP contribution in [0.4, 0.5) is 0 Å². The van der Waals surface area contributed by atoms with Gasteiger partial charge in [-0.25, -0.2) is 8.42 Å². The maximum Gasteiger partial charge on any atom is 0.175 e. The molecule has 2 aromatic rings. The predicted molar refractivity (Wildman–Crippen MR) is 61.4 cm³/mol. The van der Waals surface area contributed by atoms with Crippen LogP contribution in [-0.2, 0) is 9.84 Å². The number of sulfone groups is 1. The van der Waals surface area contributed by atoms with Crippen molar-refractivity contribution >= 4 is 26.5 Å². The third-order valence-electron chi connectivity index (χ3n) is 2.45. The number of aromatic amines is 1. The molecule has 4 nitrogen and oxygen atoms in total. The summed E-state index contributed by atoms with van der Waals surface area (Å²) >= 11 is 0. The monoisotopic (exact) mass is 237 g/mol. The molecule has 0 spiro atoms. The Hall–Kier alpha value is -1.62. The third-order valence-corrected chi connectivity index (χ3v) is 3.54. The van der Waals surface area contributed by atoms with Crippen LogP contribution in [0.5, 0.6) is 0 Å². The van der Waals surface area contributed by atoms with E-state index < -0.39 is 9.84 Å². The van der Waals surface area contributed by atoms with E-state index in [2.05, 4.69) is 4.98 Å². The van der Waals surface area contributed by atoms with Gasteiger partial charge in [0.15, 0.2) is 15.6 Å². The quantitative estimate of drug-likeness (QED) is 0.809. The normalized spacial score (nSPS) is 11.9. The van der Waals surface area contributed by atoms with Gasteiger partial charge in [-0.1, -0.05) is 0 Å². The maximum absolute atomic E-state index is 11.4. The van der Waals surface area contributed by atoms with Gasteiger partial charge in [-0.15, -0.1) is 0 Å². The molecular weight excluding hydrogens is 226 g/mol. The van der Waals surface area contributed by atoms with Crippen molar-refractivity contribution < 1.29 is 13.2 Å². The first-order chi connectivity index (χ1) is 7.39. The zero-order valence-corrected chi connectivity index (χ0v) is 9.76. The lowest BCUT2D eigenvalue weighted by Gasteiger charge is -2.03. The molecule has 0 unspecified atom stereocenters. The van der Waals surface area contributed by atoms with Crippen molar-refractivity contribution in [2.45, 2.75) is 11.8 Å². The number of fused-ring (bicyclic) bond motifs is 1. The summed E-state index contributed by atoms with van der Waals surface area (Å²) in [6.45, 7) is 1.42. The molecule has 84 valence electrons. The van der Waals surface area contributed by atoms with Gasteiger partial charge in [0.2, 0.25) is 0 Å². The van der Waals surface area contributed by atoms with Crippen LogP contribution in [0.1, 0.15) is 17.3 Å². The fourth-order valence-electron chi connectivity index (χ4n) is 1.65. The molecule has 0 atom stereocenters. The van der Waals surface area contributed by atoms with Crippen molar-refractivity contribution in [1.29, 1.82) is 0 Å². The molecule has 1 aromatic heterocycles. The first kappa shape index (κ1) is 10.9. The predicted octanol–water partition coefficient (Wildman–Crippen LogP) is 1.77. The minimum Gasteiger partial charge on any atom is -0.361 e. The number of ketones is 1. The maximum atomic E-state index is 11.4. The highest BCUT2D eigenvalue weighted by Gasteiger charge is 2.14. The molecule has 1 aromatic carbocycles. The molecule has 0 radical (unpaired) electrons. The smallest absolute Gasteiger partial charge is 0.175 e. The van der Waals surface area contributed by atoms with E-state index in [1.54, 1.807) is 12.3 Å². The standard InChI is InChI=1S/C11H11NO3S/c1-7(13)10-5-8(16(2,14)15)6-11-9(10)3-4-12-11/h3-6,12H,1-2H3. The second-order valence-electron chi connectivity index (χ2n) is 3.74. The number of carbonyl (C=O) groups is 1. The molecule has 0 bridgehead atoms. The molecule has 0 saturated heterocycles. The number of H-pyrrole nitrogens is 1. The van der Waals surface area contributed by atoms with E-state index in [4.69, 9.17) is 0 Å². The zero-order chi connectivity index (χ0) is 11.9. The van der Waals surface area contributed by atoms with Crippen molar-refractivity contribution in [3.63, 3.8) is 0 Å². The molecule has 0 saturated carbocycles. The number of benzene rings is 1. The zero-order valence-electron chi connectivity index (χ0n) is 8.94. The molecule has 0 aliphatic carbocycles. The van der Waals surface area contributed by atoms with Crippen molar-refractivity contribution in [3.05, 3.63) is 30.0 Å². The summed E-state index contributed by atoms with van der Waals surface area (Å²) in [5.41, 5.74) is 1.09. The molecule has 1 heterocycles. The van der Waals surface area contributed by atoms with Crippen LogP contribution in [0.25, 0.3) is 10.9 Å². The van der Waals surface area contributed by atoms with Crippen LogP contribution in [0.15, 0.2) is 29.3 Å². The van der Waals surface area contributed by atoms with Crippen molar-refractivity contribution in [3.8, 4) is 0 Å². The van der Waals surface area contributed by atoms with Crippen molar-refractivity contribution in [1.82, 2.24) is 4.98 Å². The highest BCUT2D eigenvalue weighted by atomic mass is 32.2. The van der Waals surface area contributed by atoms with E-state index in [-0.39, 0.29) is 10.7 Å². The van der Waals surface area contributed by atoms with E-state index >= 15 is 0 Å². The number of Topliss-reactive ketones (excluding diaryl/α,β-unsaturated/α-hetero) is 1. The summed E-state index contributed by atoms with van der Waals surface area (Å²) in [5, 5.41) is 0.750. The first-order valence-electron chi connectivity index (χ1n) is 4.72. The van der Waals surface area contributed by atoms with Gasteiger partial charge < -0.3 is 4.98 Å². The summed E-state index contributed by atoms with van der Waals surface area (Å²) in [5.74, 6) is -0.143. The van der Waals surface area contributed by atoms with Gasteiger partial charge in [-0.3, -0.25) is 4.79 Å². The number of hydrogen-bond donors (Lipinski definition) is 1. The largest absolute Gasteiger partial charge is 0.361 e. The number of aromatic nitrogens is 1. The molecule has 0 aliphatic heterocycles. The molecule has 0 amide bonds. The molecule has 5 heteroatoms. The van der Waals surface area contributed by atoms with E-state index in [9.17, 15) is 13.2 Å². The summed E-state index contributed by atoms with van der Waals surface area (Å²) in [4.78, 5) is 14.5. The molecule has 16 heavy (non-hydrogen) atoms. The molecule has 1 N–H and O–H groups in total.